The van der Waals surface area contributed by atoms with Gasteiger partial charge >= 0.3 is 13.4 Å². The number of hydrogen-bond donors (Lipinski definition) is 6. The van der Waals surface area contributed by atoms with Crippen molar-refractivity contribution in [1.29, 1.82) is 0 Å². The molecule has 0 aliphatic rings. The molecule has 0 saturated carbocycles. The van der Waals surface area contributed by atoms with Gasteiger partial charge in [0.15, 0.2) is 0 Å². The molecule has 21 heavy (non-hydrogen) atoms. The minimum absolute atomic E-state index is 0. The monoisotopic (exact) mass is 426 g/mol. The van der Waals surface area contributed by atoms with E-state index in [1.807, 2.05) is 0 Å². The summed E-state index contributed by atoms with van der Waals surface area (Å²) in [4.78, 5) is 45.3. The van der Waals surface area contributed by atoms with Crippen LogP contribution in [0.1, 0.15) is 25.3 Å². The van der Waals surface area contributed by atoms with E-state index in [0.29, 0.717) is 0 Å². The number of benzene rings is 1. The molecule has 0 amide bonds. The fourth-order valence-electron chi connectivity index (χ4n) is 1.03. The molecule has 0 unspecified atom stereocenters. The van der Waals surface area contributed by atoms with Gasteiger partial charge in [-0.15, -0.1) is 0 Å². The molecular formula is C10H20O6P2S2Zn. The van der Waals surface area contributed by atoms with E-state index in [0.717, 1.165) is 0 Å². The molecule has 11 heteroatoms. The molecule has 0 bridgehead atoms. The second kappa shape index (κ2) is 14.5. The molecule has 1 aromatic rings. The summed E-state index contributed by atoms with van der Waals surface area (Å²) in [7, 11) is 0. The quantitative estimate of drug-likeness (QED) is 0.316. The summed E-state index contributed by atoms with van der Waals surface area (Å²) in [5.74, 6) is 0. The van der Waals surface area contributed by atoms with Crippen LogP contribution in [-0.2, 0) is 49.5 Å². The van der Waals surface area contributed by atoms with Crippen LogP contribution in [0.5, 0.6) is 0 Å². The molecule has 0 aliphatic carbocycles. The van der Waals surface area contributed by atoms with Gasteiger partial charge in [0, 0.05) is 19.5 Å². The van der Waals surface area contributed by atoms with Crippen LogP contribution in [0.4, 0.5) is 0 Å². The second-order valence-electron chi connectivity index (χ2n) is 3.62. The maximum absolute atomic E-state index is 7.56. The average Bonchev–Trinajstić information content (AvgIpc) is 2.23. The fraction of sp³-hybridized carbons (Fsp3) is 0.400. The predicted molar refractivity (Wildman–Crippen MR) is 86.9 cm³/mol. The Morgan fingerprint density at radius 1 is 0.857 bits per heavy atom. The van der Waals surface area contributed by atoms with Crippen LogP contribution in [0.15, 0.2) is 30.3 Å². The largest absolute Gasteiger partial charge is 0.325 e. The summed E-state index contributed by atoms with van der Waals surface area (Å²) >= 11 is 7.21. The first-order valence-corrected chi connectivity index (χ1v) is 10.9. The Hall–Kier alpha value is 0.903. The molecule has 0 spiro atoms. The van der Waals surface area contributed by atoms with Crippen molar-refractivity contribution in [2.24, 2.45) is 0 Å². The Kier molecular flexibility index (Phi) is 18.5. The third kappa shape index (κ3) is 44.9. The van der Waals surface area contributed by atoms with E-state index in [9.17, 15) is 0 Å². The minimum Gasteiger partial charge on any atom is -0.325 e. The van der Waals surface area contributed by atoms with Crippen molar-refractivity contribution in [2.75, 3.05) is 0 Å². The third-order valence-electron chi connectivity index (χ3n) is 1.66. The molecule has 6 nitrogen and oxygen atoms in total. The van der Waals surface area contributed by atoms with Crippen LogP contribution in [0, 0.1) is 0 Å². The number of aryl methyl sites for hydroxylation is 1. The first-order chi connectivity index (χ1) is 8.93. The van der Waals surface area contributed by atoms with Gasteiger partial charge in [0.05, 0.1) is 0 Å². The molecule has 1 rings (SSSR count). The first-order valence-electron chi connectivity index (χ1n) is 5.54. The molecule has 0 atom stereocenters. The molecule has 0 aromatic heterocycles. The molecule has 120 valence electrons. The van der Waals surface area contributed by atoms with E-state index in [-0.39, 0.29) is 19.5 Å². The van der Waals surface area contributed by atoms with Gasteiger partial charge < -0.3 is 29.4 Å². The number of hydrogen-bond acceptors (Lipinski definition) is 2. The average molecular weight is 428 g/mol. The van der Waals surface area contributed by atoms with Gasteiger partial charge in [0.25, 0.3) is 0 Å². The summed E-state index contributed by atoms with van der Waals surface area (Å²) < 4.78 is 0. The van der Waals surface area contributed by atoms with Gasteiger partial charge in [-0.1, -0.05) is 43.7 Å². The van der Waals surface area contributed by atoms with Gasteiger partial charge in [-0.2, -0.15) is 0 Å². The number of rotatable bonds is 3. The Morgan fingerprint density at radius 3 is 1.48 bits per heavy atom. The summed E-state index contributed by atoms with van der Waals surface area (Å²) in [5.41, 5.74) is 1.46. The Balaban J connectivity index is -0.000000254. The van der Waals surface area contributed by atoms with Gasteiger partial charge in [-0.3, -0.25) is 0 Å². The van der Waals surface area contributed by atoms with Gasteiger partial charge in [-0.25, -0.2) is 0 Å². The first kappa shape index (κ1) is 26.8. The zero-order chi connectivity index (χ0) is 16.2. The Morgan fingerprint density at radius 2 is 1.19 bits per heavy atom. The van der Waals surface area contributed by atoms with E-state index in [4.69, 9.17) is 29.4 Å². The Labute approximate surface area is 147 Å². The van der Waals surface area contributed by atoms with E-state index in [1.165, 1.54) is 24.8 Å². The molecule has 0 radical (unpaired) electrons. The topological polar surface area (TPSA) is 121 Å². The van der Waals surface area contributed by atoms with Crippen molar-refractivity contribution < 1.29 is 48.8 Å². The van der Waals surface area contributed by atoms with Crippen molar-refractivity contribution in [3.8, 4) is 0 Å². The molecule has 0 fully saturated rings. The zero-order valence-corrected chi connectivity index (χ0v) is 18.0. The molecule has 0 saturated heterocycles. The van der Waals surface area contributed by atoms with Crippen molar-refractivity contribution in [2.45, 2.75) is 26.2 Å². The summed E-state index contributed by atoms with van der Waals surface area (Å²) in [6.45, 7) is -5.39. The summed E-state index contributed by atoms with van der Waals surface area (Å²) in [6.07, 6.45) is 3.83. The molecule has 1 aromatic carbocycles. The number of unbranched alkanes of at least 4 members (excludes halogenated alkanes) is 1. The maximum atomic E-state index is 7.56. The van der Waals surface area contributed by atoms with E-state index >= 15 is 0 Å². The van der Waals surface area contributed by atoms with Crippen molar-refractivity contribution >= 4 is 37.1 Å². The minimum atomic E-state index is -3.81. The Bertz CT molecular complexity index is 400. The maximum Gasteiger partial charge on any atom is 0.319 e. The van der Waals surface area contributed by atoms with Crippen LogP contribution in [0.25, 0.3) is 0 Å². The standard InChI is InChI=1S/C10H14.2H3O3PS.Zn/c1-2-3-7-10-8-5-4-6-9-10;2*1-4(2,3)5;/h4-6,8-9H,2-3,7H2,1H3;2*(H3,1,2,3,5);. The second-order valence-corrected chi connectivity index (χ2v) is 8.61. The fourth-order valence-corrected chi connectivity index (χ4v) is 1.03. The van der Waals surface area contributed by atoms with Crippen LogP contribution in [-0.4, -0.2) is 29.4 Å². The summed E-state index contributed by atoms with van der Waals surface area (Å²) in [6, 6.07) is 10.6. The van der Waals surface area contributed by atoms with E-state index < -0.39 is 13.4 Å². The van der Waals surface area contributed by atoms with Crippen LogP contribution in [0.3, 0.4) is 0 Å². The third-order valence-corrected chi connectivity index (χ3v) is 1.66. The normalized spacial score (nSPS) is 10.2. The van der Waals surface area contributed by atoms with Gasteiger partial charge in [0.1, 0.15) is 0 Å². The van der Waals surface area contributed by atoms with Crippen molar-refractivity contribution in [3.63, 3.8) is 0 Å². The van der Waals surface area contributed by atoms with Crippen molar-refractivity contribution in [1.82, 2.24) is 0 Å². The molecule has 6 N–H and O–H groups in total. The van der Waals surface area contributed by atoms with Crippen LogP contribution in [0.2, 0.25) is 0 Å². The van der Waals surface area contributed by atoms with E-state index in [2.05, 4.69) is 60.9 Å². The van der Waals surface area contributed by atoms with Gasteiger partial charge in [-0.05, 0) is 42.0 Å². The molecular weight excluding hydrogens is 408 g/mol. The summed E-state index contributed by atoms with van der Waals surface area (Å²) in [5, 5.41) is 0. The molecule has 0 aliphatic heterocycles. The SMILES string of the molecule is CCCCc1ccccc1.OP(O)(O)=S.OP(O)(O)=S.[Zn]. The van der Waals surface area contributed by atoms with Crippen LogP contribution >= 0.6 is 13.4 Å². The van der Waals surface area contributed by atoms with Crippen LogP contribution < -0.4 is 0 Å². The van der Waals surface area contributed by atoms with Crippen molar-refractivity contribution in [3.05, 3.63) is 35.9 Å². The zero-order valence-electron chi connectivity index (χ0n) is 11.6. The van der Waals surface area contributed by atoms with Gasteiger partial charge in [0.2, 0.25) is 0 Å². The van der Waals surface area contributed by atoms with E-state index in [1.54, 1.807) is 0 Å². The smallest absolute Gasteiger partial charge is 0.319 e. The predicted octanol–water partition coefficient (Wildman–Crippen LogP) is 1.40. The molecule has 0 heterocycles.